The Kier molecular flexibility index (Phi) is 6.41. The quantitative estimate of drug-likeness (QED) is 0.772. The lowest BCUT2D eigenvalue weighted by Crippen LogP contribution is -2.26. The highest BCUT2D eigenvalue weighted by atomic mass is 32.2. The molecule has 1 aromatic carbocycles. The fourth-order valence-corrected chi connectivity index (χ4v) is 3.70. The Bertz CT molecular complexity index is 883. The maximum absolute atomic E-state index is 12.3. The lowest BCUT2D eigenvalue weighted by molar-refractivity contribution is -0.112. The smallest absolute Gasteiger partial charge is 0.265 e. The third kappa shape index (κ3) is 4.75. The van der Waals surface area contributed by atoms with Crippen LogP contribution in [0.25, 0.3) is 0 Å². The van der Waals surface area contributed by atoms with E-state index in [9.17, 15) is 9.59 Å². The first-order valence-electron chi connectivity index (χ1n) is 9.03. The minimum absolute atomic E-state index is 0.167. The monoisotopic (exact) mass is 401 g/mol. The second-order valence-electron chi connectivity index (χ2n) is 6.42. The minimum Gasteiger partial charge on any atom is -0.496 e. The van der Waals surface area contributed by atoms with Crippen LogP contribution < -0.4 is 10.6 Å². The molecule has 0 aliphatic carbocycles. The Morgan fingerprint density at radius 1 is 1.14 bits per heavy atom. The summed E-state index contributed by atoms with van der Waals surface area (Å²) in [4.78, 5) is 25.2. The number of hydrogen-bond acceptors (Lipinski definition) is 6. The van der Waals surface area contributed by atoms with Crippen molar-refractivity contribution in [1.82, 2.24) is 10.5 Å². The van der Waals surface area contributed by atoms with Crippen LogP contribution in [0.5, 0.6) is 0 Å². The number of carbonyl (C=O) groups is 2. The van der Waals surface area contributed by atoms with Gasteiger partial charge in [0.15, 0.2) is 0 Å². The summed E-state index contributed by atoms with van der Waals surface area (Å²) in [6.07, 6.45) is 0.662. The van der Waals surface area contributed by atoms with Crippen molar-refractivity contribution in [3.63, 3.8) is 0 Å². The molecule has 148 valence electrons. The van der Waals surface area contributed by atoms with Crippen molar-refractivity contribution in [2.45, 2.75) is 27.2 Å². The lowest BCUT2D eigenvalue weighted by atomic mass is 10.1. The fourth-order valence-electron chi connectivity index (χ4n) is 2.89. The van der Waals surface area contributed by atoms with Gasteiger partial charge in [-0.15, -0.1) is 11.8 Å². The van der Waals surface area contributed by atoms with E-state index in [0.717, 1.165) is 22.8 Å². The number of nitrogens with zero attached hydrogens (tertiary/aromatic N) is 1. The molecule has 28 heavy (non-hydrogen) atoms. The first-order valence-corrected chi connectivity index (χ1v) is 10.0. The van der Waals surface area contributed by atoms with E-state index >= 15 is 0 Å². The van der Waals surface area contributed by atoms with Crippen LogP contribution in [0.3, 0.4) is 0 Å². The molecule has 0 fully saturated rings. The molecule has 0 saturated heterocycles. The molecule has 3 rings (SSSR count). The van der Waals surface area contributed by atoms with Gasteiger partial charge in [-0.25, -0.2) is 0 Å². The number of carbonyl (C=O) groups excluding carboxylic acids is 2. The van der Waals surface area contributed by atoms with Crippen molar-refractivity contribution in [2.24, 2.45) is 0 Å². The van der Waals surface area contributed by atoms with Gasteiger partial charge in [-0.3, -0.25) is 9.59 Å². The molecule has 0 spiro atoms. The lowest BCUT2D eigenvalue weighted by Gasteiger charge is -2.17. The number of allylic oxidation sites excluding steroid dienone is 1. The van der Waals surface area contributed by atoms with E-state index in [2.05, 4.69) is 15.8 Å². The van der Waals surface area contributed by atoms with Gasteiger partial charge in [-0.1, -0.05) is 5.16 Å². The summed E-state index contributed by atoms with van der Waals surface area (Å²) in [5, 5.41) is 9.63. The number of ether oxygens (including phenoxy) is 1. The van der Waals surface area contributed by atoms with Crippen LogP contribution in [-0.4, -0.2) is 35.9 Å². The summed E-state index contributed by atoms with van der Waals surface area (Å²) >= 11 is 1.48. The minimum atomic E-state index is -0.195. The van der Waals surface area contributed by atoms with Crippen molar-refractivity contribution in [3.05, 3.63) is 57.5 Å². The summed E-state index contributed by atoms with van der Waals surface area (Å²) in [6, 6.07) is 6.80. The highest BCUT2D eigenvalue weighted by molar-refractivity contribution is 8.04. The molecule has 7 nitrogen and oxygen atoms in total. The summed E-state index contributed by atoms with van der Waals surface area (Å²) in [5.74, 6) is 1.81. The van der Waals surface area contributed by atoms with E-state index in [4.69, 9.17) is 9.26 Å². The number of amides is 2. The molecular weight excluding hydrogens is 378 g/mol. The van der Waals surface area contributed by atoms with E-state index in [-0.39, 0.29) is 11.8 Å². The highest BCUT2D eigenvalue weighted by Gasteiger charge is 2.19. The number of rotatable bonds is 6. The molecule has 1 aliphatic heterocycles. The Labute approximate surface area is 167 Å². The van der Waals surface area contributed by atoms with E-state index in [1.54, 1.807) is 31.2 Å². The normalized spacial score (nSPS) is 13.8. The van der Waals surface area contributed by atoms with Crippen LogP contribution in [0.15, 0.2) is 39.5 Å². The molecule has 0 atom stereocenters. The van der Waals surface area contributed by atoms with E-state index < -0.39 is 0 Å². The van der Waals surface area contributed by atoms with E-state index in [1.807, 2.05) is 13.8 Å². The van der Waals surface area contributed by atoms with Crippen molar-refractivity contribution in [3.8, 4) is 0 Å². The van der Waals surface area contributed by atoms with Crippen molar-refractivity contribution >= 4 is 29.3 Å². The number of anilines is 1. The van der Waals surface area contributed by atoms with Gasteiger partial charge in [-0.2, -0.15) is 0 Å². The Morgan fingerprint density at radius 2 is 1.89 bits per heavy atom. The standard InChI is InChI=1S/C20H23N3O4S/c1-12-17(13(2)27-23-12)8-9-21-19(24)15-4-6-16(7-5-15)22-20(25)18-14(3)26-10-11-28-18/h4-7H,8-11H2,1-3H3,(H,21,24)(H,22,25). The third-order valence-corrected chi connectivity index (χ3v) is 5.55. The van der Waals surface area contributed by atoms with Crippen molar-refractivity contribution in [1.29, 1.82) is 0 Å². The molecule has 0 unspecified atom stereocenters. The Morgan fingerprint density at radius 3 is 2.54 bits per heavy atom. The van der Waals surface area contributed by atoms with Gasteiger partial charge in [-0.05, 0) is 51.5 Å². The summed E-state index contributed by atoms with van der Waals surface area (Å²) in [7, 11) is 0. The van der Waals surface area contributed by atoms with Crippen molar-refractivity contribution in [2.75, 3.05) is 24.2 Å². The topological polar surface area (TPSA) is 93.5 Å². The average Bonchev–Trinajstić information content (AvgIpc) is 3.00. The third-order valence-electron chi connectivity index (χ3n) is 4.42. The number of aryl methyl sites for hydroxylation is 2. The van der Waals surface area contributed by atoms with E-state index in [1.165, 1.54) is 11.8 Å². The average molecular weight is 401 g/mol. The SMILES string of the molecule is CC1=C(C(=O)Nc2ccc(C(=O)NCCc3c(C)noc3C)cc2)SCCO1. The second-order valence-corrected chi connectivity index (χ2v) is 7.53. The first-order chi connectivity index (χ1) is 13.5. The summed E-state index contributed by atoms with van der Waals surface area (Å²) < 4.78 is 10.5. The summed E-state index contributed by atoms with van der Waals surface area (Å²) in [5.41, 5.74) is 3.03. The van der Waals surface area contributed by atoms with Gasteiger partial charge in [0.2, 0.25) is 0 Å². The van der Waals surface area contributed by atoms with Gasteiger partial charge >= 0.3 is 0 Å². The molecule has 1 aliphatic rings. The zero-order chi connectivity index (χ0) is 20.1. The van der Waals surface area contributed by atoms with Gasteiger partial charge in [0.25, 0.3) is 11.8 Å². The molecule has 2 heterocycles. The molecule has 1 aromatic heterocycles. The molecule has 0 radical (unpaired) electrons. The molecule has 0 saturated carbocycles. The maximum Gasteiger partial charge on any atom is 0.265 e. The van der Waals surface area contributed by atoms with Crippen LogP contribution in [-0.2, 0) is 16.0 Å². The van der Waals surface area contributed by atoms with Gasteiger partial charge < -0.3 is 19.9 Å². The number of aromatic nitrogens is 1. The maximum atomic E-state index is 12.3. The molecule has 8 heteroatoms. The number of hydrogen-bond donors (Lipinski definition) is 2. The zero-order valence-electron chi connectivity index (χ0n) is 16.1. The highest BCUT2D eigenvalue weighted by Crippen LogP contribution is 2.26. The van der Waals surface area contributed by atoms with Crippen LogP contribution in [0.2, 0.25) is 0 Å². The van der Waals surface area contributed by atoms with Gasteiger partial charge in [0, 0.05) is 29.1 Å². The van der Waals surface area contributed by atoms with Crippen molar-refractivity contribution < 1.29 is 18.8 Å². The number of thioether (sulfide) groups is 1. The number of nitrogens with one attached hydrogen (secondary N) is 2. The largest absolute Gasteiger partial charge is 0.496 e. The van der Waals surface area contributed by atoms with Crippen LogP contribution in [0, 0.1) is 13.8 Å². The fraction of sp³-hybridized carbons (Fsp3) is 0.350. The van der Waals surface area contributed by atoms with E-state index in [0.29, 0.717) is 41.5 Å². The summed E-state index contributed by atoms with van der Waals surface area (Å²) in [6.45, 7) is 6.64. The molecule has 2 amide bonds. The first kappa shape index (κ1) is 20.0. The molecule has 2 N–H and O–H groups in total. The second kappa shape index (κ2) is 8.97. The van der Waals surface area contributed by atoms with Crippen LogP contribution in [0.1, 0.15) is 34.3 Å². The van der Waals surface area contributed by atoms with Crippen LogP contribution in [0.4, 0.5) is 5.69 Å². The zero-order valence-corrected chi connectivity index (χ0v) is 16.9. The Hall–Kier alpha value is -2.74. The van der Waals surface area contributed by atoms with Crippen LogP contribution >= 0.6 is 11.8 Å². The van der Waals surface area contributed by atoms with Gasteiger partial charge in [0.1, 0.15) is 16.4 Å². The molecular formula is C20H23N3O4S. The molecule has 2 aromatic rings. The van der Waals surface area contributed by atoms with Gasteiger partial charge in [0.05, 0.1) is 12.3 Å². The predicted molar refractivity (Wildman–Crippen MR) is 108 cm³/mol. The molecule has 0 bridgehead atoms. The Balaban J connectivity index is 1.53. The predicted octanol–water partition coefficient (Wildman–Crippen LogP) is 3.20. The number of benzene rings is 1.